The van der Waals surface area contributed by atoms with Crippen LogP contribution in [0, 0.1) is 0 Å². The summed E-state index contributed by atoms with van der Waals surface area (Å²) in [6.45, 7) is 1.01. The SMILES string of the molecule is COc1ccc2nccc(CC(NC(=O)O)[C@@H]3CC[C@@H](NCc4ccc5c(n4)NC(=O)CS5)CO3)c2c1. The monoisotopic (exact) mass is 523 g/mol. The van der Waals surface area contributed by atoms with Crippen LogP contribution in [0.25, 0.3) is 10.9 Å². The molecule has 2 aliphatic heterocycles. The third-order valence-electron chi connectivity index (χ3n) is 6.65. The predicted octanol–water partition coefficient (Wildman–Crippen LogP) is 3.20. The number of carboxylic acid groups (broad SMARTS) is 1. The number of benzene rings is 1. The highest BCUT2D eigenvalue weighted by Crippen LogP contribution is 2.30. The maximum atomic E-state index is 11.6. The van der Waals surface area contributed by atoms with Gasteiger partial charge in [-0.15, -0.1) is 11.8 Å². The molecule has 5 rings (SSSR count). The minimum absolute atomic E-state index is 0.0368. The fraction of sp³-hybridized carbons (Fsp3) is 0.385. The van der Waals surface area contributed by atoms with Crippen LogP contribution in [0.2, 0.25) is 0 Å². The lowest BCUT2D eigenvalue weighted by Gasteiger charge is -2.34. The Balaban J connectivity index is 1.21. The highest BCUT2D eigenvalue weighted by molar-refractivity contribution is 8.00. The zero-order chi connectivity index (χ0) is 25.8. The summed E-state index contributed by atoms with van der Waals surface area (Å²) in [6, 6.07) is 11.3. The van der Waals surface area contributed by atoms with Crippen molar-refractivity contribution in [2.75, 3.05) is 24.8 Å². The number of hydrogen-bond donors (Lipinski definition) is 4. The van der Waals surface area contributed by atoms with Crippen molar-refractivity contribution in [2.24, 2.45) is 0 Å². The summed E-state index contributed by atoms with van der Waals surface area (Å²) in [5.41, 5.74) is 2.65. The summed E-state index contributed by atoms with van der Waals surface area (Å²) in [4.78, 5) is 33.2. The molecule has 0 spiro atoms. The lowest BCUT2D eigenvalue weighted by molar-refractivity contribution is -0.113. The molecule has 0 radical (unpaired) electrons. The zero-order valence-electron chi connectivity index (χ0n) is 20.4. The summed E-state index contributed by atoms with van der Waals surface area (Å²) >= 11 is 1.49. The van der Waals surface area contributed by atoms with E-state index in [1.54, 1.807) is 13.3 Å². The molecule has 3 atom stereocenters. The zero-order valence-corrected chi connectivity index (χ0v) is 21.2. The van der Waals surface area contributed by atoms with Gasteiger partial charge < -0.3 is 30.5 Å². The number of nitrogens with one attached hydrogen (secondary N) is 3. The highest BCUT2D eigenvalue weighted by Gasteiger charge is 2.30. The molecule has 0 saturated carbocycles. The molecule has 1 saturated heterocycles. The third kappa shape index (κ3) is 6.12. The van der Waals surface area contributed by atoms with Crippen LogP contribution in [0.5, 0.6) is 5.75 Å². The number of hydrogen-bond acceptors (Lipinski definition) is 8. The molecule has 1 unspecified atom stereocenters. The Kier molecular flexibility index (Phi) is 7.73. The first kappa shape index (κ1) is 25.2. The van der Waals surface area contributed by atoms with Crippen LogP contribution in [0.4, 0.5) is 10.6 Å². The molecule has 10 nitrogen and oxygen atoms in total. The van der Waals surface area contributed by atoms with Crippen LogP contribution in [0.1, 0.15) is 24.1 Å². The first-order valence-electron chi connectivity index (χ1n) is 12.2. The summed E-state index contributed by atoms with van der Waals surface area (Å²) < 4.78 is 11.5. The third-order valence-corrected chi connectivity index (χ3v) is 7.70. The lowest BCUT2D eigenvalue weighted by Crippen LogP contribution is -2.50. The van der Waals surface area contributed by atoms with Gasteiger partial charge in [0.1, 0.15) is 11.6 Å². The smallest absolute Gasteiger partial charge is 0.404 e. The Labute approximate surface area is 218 Å². The quantitative estimate of drug-likeness (QED) is 0.351. The van der Waals surface area contributed by atoms with E-state index in [1.165, 1.54) is 11.8 Å². The molecule has 0 aliphatic carbocycles. The normalized spacial score (nSPS) is 20.1. The first-order chi connectivity index (χ1) is 18.0. The van der Waals surface area contributed by atoms with Gasteiger partial charge in [-0.1, -0.05) is 0 Å². The van der Waals surface area contributed by atoms with Gasteiger partial charge in [-0.3, -0.25) is 9.78 Å². The number of carbonyl (C=O) groups excluding carboxylic acids is 1. The maximum absolute atomic E-state index is 11.6. The predicted molar refractivity (Wildman–Crippen MR) is 140 cm³/mol. The second-order valence-corrected chi connectivity index (χ2v) is 10.1. The average molecular weight is 524 g/mol. The van der Waals surface area contributed by atoms with Gasteiger partial charge in [-0.05, 0) is 61.2 Å². The van der Waals surface area contributed by atoms with Crippen LogP contribution < -0.4 is 20.7 Å². The van der Waals surface area contributed by atoms with Crippen LogP contribution in [-0.2, 0) is 22.5 Å². The molecule has 194 valence electrons. The number of carbonyl (C=O) groups is 2. The van der Waals surface area contributed by atoms with Crippen molar-refractivity contribution in [2.45, 2.75) is 48.9 Å². The van der Waals surface area contributed by atoms with Gasteiger partial charge in [0.25, 0.3) is 0 Å². The number of aromatic nitrogens is 2. The van der Waals surface area contributed by atoms with E-state index < -0.39 is 12.1 Å². The molecule has 4 N–H and O–H groups in total. The molecule has 2 aromatic heterocycles. The molecule has 1 aromatic carbocycles. The van der Waals surface area contributed by atoms with Crippen molar-refractivity contribution < 1.29 is 24.2 Å². The van der Waals surface area contributed by atoms with Crippen molar-refractivity contribution in [1.82, 2.24) is 20.6 Å². The fourth-order valence-corrected chi connectivity index (χ4v) is 5.52. The number of rotatable bonds is 8. The van der Waals surface area contributed by atoms with E-state index in [1.807, 2.05) is 36.4 Å². The number of methoxy groups -OCH3 is 1. The van der Waals surface area contributed by atoms with Crippen LogP contribution in [0.15, 0.2) is 47.5 Å². The Morgan fingerprint density at radius 1 is 1.30 bits per heavy atom. The number of nitrogens with zero attached hydrogens (tertiary/aromatic N) is 2. The summed E-state index contributed by atoms with van der Waals surface area (Å²) in [5.74, 6) is 1.72. The van der Waals surface area contributed by atoms with Crippen molar-refractivity contribution in [3.05, 3.63) is 53.9 Å². The van der Waals surface area contributed by atoms with Gasteiger partial charge in [0.05, 0.1) is 47.7 Å². The van der Waals surface area contributed by atoms with Crippen LogP contribution in [0.3, 0.4) is 0 Å². The van der Waals surface area contributed by atoms with Crippen molar-refractivity contribution in [1.29, 1.82) is 0 Å². The highest BCUT2D eigenvalue weighted by atomic mass is 32.2. The van der Waals surface area contributed by atoms with E-state index in [2.05, 4.69) is 25.9 Å². The molecule has 4 heterocycles. The second-order valence-electron chi connectivity index (χ2n) is 9.13. The number of fused-ring (bicyclic) bond motifs is 2. The Bertz CT molecular complexity index is 1300. The molecule has 3 aromatic rings. The average Bonchev–Trinajstić information content (AvgIpc) is 2.91. The van der Waals surface area contributed by atoms with Crippen molar-refractivity contribution >= 4 is 40.5 Å². The number of thioether (sulfide) groups is 1. The standard InChI is InChI=1S/C26H29N5O5S/c1-35-18-4-5-20-19(11-18)15(8-9-27-20)10-21(30-26(33)34)22-6-2-17(13-36-22)28-12-16-3-7-23-25(29-16)31-24(32)14-37-23/h3-5,7-9,11,17,21-22,28,30H,2,6,10,12-14H2,1H3,(H,33,34)(H,29,31,32)/t17-,21?,22+/m1/s1. The maximum Gasteiger partial charge on any atom is 0.404 e. The molecule has 0 bridgehead atoms. The largest absolute Gasteiger partial charge is 0.497 e. The van der Waals surface area contributed by atoms with E-state index >= 15 is 0 Å². The van der Waals surface area contributed by atoms with E-state index in [9.17, 15) is 14.7 Å². The van der Waals surface area contributed by atoms with Gasteiger partial charge >= 0.3 is 6.09 Å². The molecule has 2 aliphatic rings. The molecule has 1 fully saturated rings. The molecule has 2 amide bonds. The molecular weight excluding hydrogens is 494 g/mol. The summed E-state index contributed by atoms with van der Waals surface area (Å²) in [5, 5.41) is 19.4. The molecule has 11 heteroatoms. The van der Waals surface area contributed by atoms with Gasteiger partial charge in [-0.25, -0.2) is 9.78 Å². The number of pyridine rings is 2. The minimum Gasteiger partial charge on any atom is -0.497 e. The van der Waals surface area contributed by atoms with Gasteiger partial charge in [-0.2, -0.15) is 0 Å². The van der Waals surface area contributed by atoms with E-state index in [-0.39, 0.29) is 18.1 Å². The Hall–Kier alpha value is -3.41. The first-order valence-corrected chi connectivity index (χ1v) is 13.2. The van der Waals surface area contributed by atoms with Crippen molar-refractivity contribution in [3.63, 3.8) is 0 Å². The van der Waals surface area contributed by atoms with Gasteiger partial charge in [0.2, 0.25) is 5.91 Å². The number of ether oxygens (including phenoxy) is 2. The Morgan fingerprint density at radius 2 is 2.19 bits per heavy atom. The second kappa shape index (κ2) is 11.3. The number of amides is 2. The van der Waals surface area contributed by atoms with Crippen LogP contribution >= 0.6 is 11.8 Å². The molecular formula is C26H29N5O5S. The molecule has 37 heavy (non-hydrogen) atoms. The lowest BCUT2D eigenvalue weighted by atomic mass is 9.93. The van der Waals surface area contributed by atoms with Crippen molar-refractivity contribution in [3.8, 4) is 5.75 Å². The van der Waals surface area contributed by atoms with Gasteiger partial charge in [0, 0.05) is 24.2 Å². The minimum atomic E-state index is -1.08. The Morgan fingerprint density at radius 3 is 2.97 bits per heavy atom. The topological polar surface area (TPSA) is 135 Å². The number of anilines is 1. The van der Waals surface area contributed by atoms with Crippen LogP contribution in [-0.4, -0.2) is 64.7 Å². The fourth-order valence-electron chi connectivity index (χ4n) is 4.76. The summed E-state index contributed by atoms with van der Waals surface area (Å²) in [7, 11) is 1.62. The van der Waals surface area contributed by atoms with Gasteiger partial charge in [0.15, 0.2) is 0 Å². The van der Waals surface area contributed by atoms with E-state index in [0.29, 0.717) is 37.6 Å². The summed E-state index contributed by atoms with van der Waals surface area (Å²) in [6.07, 6.45) is 2.43. The van der Waals surface area contributed by atoms with E-state index in [0.717, 1.165) is 39.2 Å². The van der Waals surface area contributed by atoms with E-state index in [4.69, 9.17) is 9.47 Å².